The summed E-state index contributed by atoms with van der Waals surface area (Å²) in [5.74, 6) is 1.47. The number of hydrogen-bond acceptors (Lipinski definition) is 4. The molecule has 2 saturated carbocycles. The van der Waals surface area contributed by atoms with Crippen LogP contribution >= 0.6 is 0 Å². The Morgan fingerprint density at radius 1 is 0.800 bits per heavy atom. The highest BCUT2D eigenvalue weighted by Crippen LogP contribution is 2.25. The van der Waals surface area contributed by atoms with Crippen LogP contribution in [0, 0.1) is 11.8 Å². The van der Waals surface area contributed by atoms with E-state index in [4.69, 9.17) is 0 Å². The molecule has 2 N–H and O–H groups in total. The van der Waals surface area contributed by atoms with E-state index in [0.717, 1.165) is 32.5 Å². The molecule has 0 aromatic carbocycles. The largest absolute Gasteiger partial charge is 0.352 e. The smallest absolute Gasteiger partial charge is 0.234 e. The molecule has 6 nitrogen and oxygen atoms in total. The molecule has 1 aliphatic heterocycles. The lowest BCUT2D eigenvalue weighted by Crippen LogP contribution is -2.62. The molecule has 3 aliphatic rings. The number of hydrogen-bond donors (Lipinski definition) is 2. The van der Waals surface area contributed by atoms with Gasteiger partial charge in [-0.05, 0) is 51.4 Å². The first-order valence-electron chi connectivity index (χ1n) is 12.3. The Morgan fingerprint density at radius 2 is 1.30 bits per heavy atom. The fourth-order valence-corrected chi connectivity index (χ4v) is 5.66. The van der Waals surface area contributed by atoms with E-state index in [2.05, 4.69) is 48.1 Å². The zero-order chi connectivity index (χ0) is 21.7. The topological polar surface area (TPSA) is 64.7 Å². The Hall–Kier alpha value is -1.14. The van der Waals surface area contributed by atoms with Crippen molar-refractivity contribution in [1.82, 2.24) is 20.4 Å². The van der Waals surface area contributed by atoms with Crippen LogP contribution in [0.1, 0.15) is 79.1 Å². The first-order valence-corrected chi connectivity index (χ1v) is 12.3. The van der Waals surface area contributed by atoms with Gasteiger partial charge >= 0.3 is 0 Å². The van der Waals surface area contributed by atoms with Crippen LogP contribution in [-0.4, -0.2) is 72.0 Å². The van der Waals surface area contributed by atoms with E-state index in [1.807, 2.05) is 0 Å². The maximum atomic E-state index is 12.7. The normalized spacial score (nSPS) is 33.1. The number of piperazine rings is 1. The van der Waals surface area contributed by atoms with Gasteiger partial charge in [0.15, 0.2) is 0 Å². The molecule has 0 unspecified atom stereocenters. The lowest BCUT2D eigenvalue weighted by Gasteiger charge is -2.47. The van der Waals surface area contributed by atoms with Crippen molar-refractivity contribution in [3.63, 3.8) is 0 Å². The summed E-state index contributed by atoms with van der Waals surface area (Å²) in [5.41, 5.74) is -0.119. The molecule has 3 rings (SSSR count). The maximum absolute atomic E-state index is 12.7. The van der Waals surface area contributed by atoms with Crippen molar-refractivity contribution in [1.29, 1.82) is 0 Å². The van der Waals surface area contributed by atoms with E-state index in [1.165, 1.54) is 38.5 Å². The van der Waals surface area contributed by atoms with Crippen LogP contribution in [-0.2, 0) is 9.59 Å². The molecule has 0 aromatic rings. The van der Waals surface area contributed by atoms with E-state index < -0.39 is 0 Å². The summed E-state index contributed by atoms with van der Waals surface area (Å²) in [6.07, 6.45) is 9.69. The Bertz CT molecular complexity index is 594. The zero-order valence-electron chi connectivity index (χ0n) is 19.7. The number of carbonyl (C=O) groups excluding carboxylic acids is 2. The van der Waals surface area contributed by atoms with Crippen LogP contribution in [0.3, 0.4) is 0 Å². The van der Waals surface area contributed by atoms with Crippen LogP contribution in [0.25, 0.3) is 0 Å². The minimum absolute atomic E-state index is 0.119. The fourth-order valence-electron chi connectivity index (χ4n) is 5.66. The standard InChI is InChI=1S/C24H44N4O2/c1-18-9-5-7-11-20(18)25-22(29)15-27-13-14-28(24(3,4)17-27)16-23(30)26-21-12-8-6-10-19(21)2/h18-21H,5-17H2,1-4H3,(H,25,29)(H,26,30)/t18-,19+,20+,21+/m1/s1. The molecule has 0 spiro atoms. The quantitative estimate of drug-likeness (QED) is 0.694. The van der Waals surface area contributed by atoms with Gasteiger partial charge in [0.2, 0.25) is 11.8 Å². The second-order valence-electron chi connectivity index (χ2n) is 10.8. The predicted molar refractivity (Wildman–Crippen MR) is 121 cm³/mol. The molecule has 4 atom stereocenters. The van der Waals surface area contributed by atoms with Gasteiger partial charge in [-0.25, -0.2) is 0 Å². The molecule has 30 heavy (non-hydrogen) atoms. The van der Waals surface area contributed by atoms with Crippen molar-refractivity contribution in [2.45, 2.75) is 96.7 Å². The molecule has 2 aliphatic carbocycles. The third kappa shape index (κ3) is 6.43. The van der Waals surface area contributed by atoms with E-state index in [-0.39, 0.29) is 17.4 Å². The molecule has 1 saturated heterocycles. The predicted octanol–water partition coefficient (Wildman–Crippen LogP) is 2.77. The molecular formula is C24H44N4O2. The van der Waals surface area contributed by atoms with Crippen LogP contribution < -0.4 is 10.6 Å². The average molecular weight is 421 g/mol. The van der Waals surface area contributed by atoms with Crippen molar-refractivity contribution in [2.75, 3.05) is 32.7 Å². The fraction of sp³-hybridized carbons (Fsp3) is 0.917. The van der Waals surface area contributed by atoms with Gasteiger partial charge in [-0.2, -0.15) is 0 Å². The summed E-state index contributed by atoms with van der Waals surface area (Å²) in [4.78, 5) is 29.8. The minimum Gasteiger partial charge on any atom is -0.352 e. The van der Waals surface area contributed by atoms with Crippen LogP contribution in [0.4, 0.5) is 0 Å². The van der Waals surface area contributed by atoms with Crippen molar-refractivity contribution in [3.8, 4) is 0 Å². The summed E-state index contributed by atoms with van der Waals surface area (Å²) >= 11 is 0. The highest BCUT2D eigenvalue weighted by atomic mass is 16.2. The number of nitrogens with one attached hydrogen (secondary N) is 2. The highest BCUT2D eigenvalue weighted by molar-refractivity contribution is 5.79. The summed E-state index contributed by atoms with van der Waals surface area (Å²) in [5, 5.41) is 6.57. The van der Waals surface area contributed by atoms with Crippen molar-refractivity contribution in [3.05, 3.63) is 0 Å². The summed E-state index contributed by atoms with van der Waals surface area (Å²) < 4.78 is 0. The van der Waals surface area contributed by atoms with Gasteiger partial charge in [0.25, 0.3) is 0 Å². The van der Waals surface area contributed by atoms with Crippen LogP contribution in [0.15, 0.2) is 0 Å². The minimum atomic E-state index is -0.119. The van der Waals surface area contributed by atoms with Crippen LogP contribution in [0.5, 0.6) is 0 Å². The lowest BCUT2D eigenvalue weighted by atomic mass is 9.86. The van der Waals surface area contributed by atoms with E-state index >= 15 is 0 Å². The Labute approximate surface area is 183 Å². The Morgan fingerprint density at radius 3 is 1.80 bits per heavy atom. The monoisotopic (exact) mass is 420 g/mol. The SMILES string of the molecule is C[C@@H]1CCCC[C@@H]1NC(=O)CN1CCN(CC(=O)N[C@H]2CCCC[C@@H]2C)C(C)(C)C1. The first-order chi connectivity index (χ1) is 14.2. The van der Waals surface area contributed by atoms with Gasteiger partial charge in [0, 0.05) is 37.3 Å². The highest BCUT2D eigenvalue weighted by Gasteiger charge is 2.36. The Balaban J connectivity index is 1.44. The number of nitrogens with zero attached hydrogens (tertiary/aromatic N) is 2. The summed E-state index contributed by atoms with van der Waals surface area (Å²) in [7, 11) is 0. The molecule has 0 aromatic heterocycles. The van der Waals surface area contributed by atoms with Crippen molar-refractivity contribution in [2.24, 2.45) is 11.8 Å². The molecule has 1 heterocycles. The zero-order valence-corrected chi connectivity index (χ0v) is 19.7. The van der Waals surface area contributed by atoms with Crippen molar-refractivity contribution < 1.29 is 9.59 Å². The average Bonchev–Trinajstić information content (AvgIpc) is 2.67. The summed E-state index contributed by atoms with van der Waals surface area (Å²) in [6, 6.07) is 0.674. The van der Waals surface area contributed by atoms with E-state index in [0.29, 0.717) is 37.0 Å². The molecule has 172 valence electrons. The molecule has 3 fully saturated rings. The molecule has 0 radical (unpaired) electrons. The van der Waals surface area contributed by atoms with Crippen molar-refractivity contribution >= 4 is 11.8 Å². The second-order valence-corrected chi connectivity index (χ2v) is 10.8. The van der Waals surface area contributed by atoms with Gasteiger partial charge in [0.05, 0.1) is 13.1 Å². The van der Waals surface area contributed by atoms with Gasteiger partial charge in [0.1, 0.15) is 0 Å². The number of carbonyl (C=O) groups is 2. The number of amides is 2. The first kappa shape index (κ1) is 23.5. The second kappa shape index (κ2) is 10.4. The van der Waals surface area contributed by atoms with Gasteiger partial charge < -0.3 is 10.6 Å². The van der Waals surface area contributed by atoms with Crippen LogP contribution in [0.2, 0.25) is 0 Å². The van der Waals surface area contributed by atoms with Gasteiger partial charge in [-0.15, -0.1) is 0 Å². The Kier molecular flexibility index (Phi) is 8.19. The third-order valence-electron chi connectivity index (χ3n) is 7.77. The third-order valence-corrected chi connectivity index (χ3v) is 7.77. The summed E-state index contributed by atoms with van der Waals surface area (Å²) in [6.45, 7) is 12.3. The molecular weight excluding hydrogens is 376 g/mol. The molecule has 2 amide bonds. The van der Waals surface area contributed by atoms with E-state index in [1.54, 1.807) is 0 Å². The van der Waals surface area contributed by atoms with Gasteiger partial charge in [-0.1, -0.05) is 39.5 Å². The maximum Gasteiger partial charge on any atom is 0.234 e. The number of rotatable bonds is 6. The van der Waals surface area contributed by atoms with E-state index in [9.17, 15) is 9.59 Å². The lowest BCUT2D eigenvalue weighted by molar-refractivity contribution is -0.129. The van der Waals surface area contributed by atoms with Gasteiger partial charge in [-0.3, -0.25) is 19.4 Å². The molecule has 0 bridgehead atoms. The molecule has 6 heteroatoms.